The van der Waals surface area contributed by atoms with Gasteiger partial charge in [-0.1, -0.05) is 6.92 Å². The van der Waals surface area contributed by atoms with Crippen molar-refractivity contribution in [2.75, 3.05) is 6.61 Å². The van der Waals surface area contributed by atoms with E-state index in [9.17, 15) is 13.2 Å². The average molecular weight is 279 g/mol. The van der Waals surface area contributed by atoms with Gasteiger partial charge >= 0.3 is 5.97 Å². The van der Waals surface area contributed by atoms with E-state index in [-0.39, 0.29) is 4.21 Å². The van der Waals surface area contributed by atoms with Crippen LogP contribution in [0.15, 0.2) is 16.3 Å². The predicted octanol–water partition coefficient (Wildman–Crippen LogP) is 0.0343. The molecule has 0 fully saturated rings. The lowest BCUT2D eigenvalue weighted by molar-refractivity contribution is -0.139. The summed E-state index contributed by atoms with van der Waals surface area (Å²) in [5, 5.41) is 17.4. The first kappa shape index (κ1) is 14.1. The van der Waals surface area contributed by atoms with Gasteiger partial charge in [-0.2, -0.15) is 4.72 Å². The van der Waals surface area contributed by atoms with Crippen LogP contribution in [-0.2, 0) is 21.2 Å². The highest BCUT2D eigenvalue weighted by molar-refractivity contribution is 7.91. The Labute approximate surface area is 103 Å². The fourth-order valence-corrected chi connectivity index (χ4v) is 3.60. The lowest BCUT2D eigenvalue weighted by Gasteiger charge is -2.10. The van der Waals surface area contributed by atoms with Gasteiger partial charge in [0.05, 0.1) is 6.61 Å². The fraction of sp³-hybridized carbons (Fsp3) is 0.444. The molecule has 0 aliphatic rings. The number of thiophene rings is 1. The molecule has 0 unspecified atom stereocenters. The molecule has 1 aromatic heterocycles. The molecular weight excluding hydrogens is 266 g/mol. The van der Waals surface area contributed by atoms with Crippen LogP contribution in [0.5, 0.6) is 0 Å². The number of aliphatic hydroxyl groups excluding tert-OH is 1. The summed E-state index contributed by atoms with van der Waals surface area (Å²) in [4.78, 5) is 11.5. The van der Waals surface area contributed by atoms with Crippen molar-refractivity contribution < 1.29 is 23.4 Å². The molecule has 1 heterocycles. The standard InChI is InChI=1S/C9H13NO5S2/c1-2-6-3-4-8(16-6)17(14,15)10-7(5-11)9(12)13/h3-4,7,10-11H,2,5H2,1H3,(H,12,13)/t7-/m0/s1. The van der Waals surface area contributed by atoms with Gasteiger partial charge in [0, 0.05) is 4.88 Å². The van der Waals surface area contributed by atoms with E-state index in [1.54, 1.807) is 6.07 Å². The van der Waals surface area contributed by atoms with Gasteiger partial charge in [0.15, 0.2) is 0 Å². The number of aryl methyl sites for hydroxylation is 1. The first-order valence-electron chi connectivity index (χ1n) is 4.85. The molecule has 0 aromatic carbocycles. The van der Waals surface area contributed by atoms with Gasteiger partial charge in [0.2, 0.25) is 0 Å². The predicted molar refractivity (Wildman–Crippen MR) is 62.5 cm³/mol. The van der Waals surface area contributed by atoms with E-state index >= 15 is 0 Å². The van der Waals surface area contributed by atoms with Crippen molar-refractivity contribution in [3.05, 3.63) is 17.0 Å². The van der Waals surface area contributed by atoms with Crippen LogP contribution < -0.4 is 4.72 Å². The SMILES string of the molecule is CCc1ccc(S(=O)(=O)N[C@@H](CO)C(=O)O)s1. The Morgan fingerprint density at radius 2 is 2.18 bits per heavy atom. The normalized spacial score (nSPS) is 13.5. The molecule has 0 aliphatic carbocycles. The molecule has 6 nitrogen and oxygen atoms in total. The highest BCUT2D eigenvalue weighted by atomic mass is 32.2. The number of carboxylic acids is 1. The van der Waals surface area contributed by atoms with Gasteiger partial charge in [-0.05, 0) is 18.6 Å². The summed E-state index contributed by atoms with van der Waals surface area (Å²) in [5.74, 6) is -1.41. The zero-order valence-corrected chi connectivity index (χ0v) is 10.7. The number of rotatable bonds is 6. The third-order valence-corrected chi connectivity index (χ3v) is 5.22. The van der Waals surface area contributed by atoms with E-state index in [1.807, 2.05) is 11.6 Å². The topological polar surface area (TPSA) is 104 Å². The van der Waals surface area contributed by atoms with Gasteiger partial charge < -0.3 is 10.2 Å². The minimum absolute atomic E-state index is 0.0500. The highest BCUT2D eigenvalue weighted by Gasteiger charge is 2.25. The molecule has 0 saturated carbocycles. The molecule has 1 aromatic rings. The molecule has 0 saturated heterocycles. The molecule has 1 rings (SSSR count). The van der Waals surface area contributed by atoms with Crippen LogP contribution in [0.3, 0.4) is 0 Å². The first-order valence-corrected chi connectivity index (χ1v) is 7.15. The zero-order valence-electron chi connectivity index (χ0n) is 9.08. The molecule has 1 atom stereocenters. The monoisotopic (exact) mass is 279 g/mol. The van der Waals surface area contributed by atoms with E-state index < -0.39 is 28.6 Å². The van der Waals surface area contributed by atoms with Crippen LogP contribution in [-0.4, -0.2) is 37.2 Å². The number of carbonyl (C=O) groups is 1. The van der Waals surface area contributed by atoms with Crippen molar-refractivity contribution in [2.24, 2.45) is 0 Å². The van der Waals surface area contributed by atoms with Crippen molar-refractivity contribution in [3.63, 3.8) is 0 Å². The van der Waals surface area contributed by atoms with Gasteiger partial charge in [-0.15, -0.1) is 11.3 Å². The van der Waals surface area contributed by atoms with E-state index in [2.05, 4.69) is 0 Å². The van der Waals surface area contributed by atoms with Crippen molar-refractivity contribution in [2.45, 2.75) is 23.6 Å². The van der Waals surface area contributed by atoms with Crippen LogP contribution in [0, 0.1) is 0 Å². The molecule has 0 amide bonds. The zero-order chi connectivity index (χ0) is 13.1. The van der Waals surface area contributed by atoms with Crippen molar-refractivity contribution in [1.82, 2.24) is 4.72 Å². The first-order chi connectivity index (χ1) is 7.90. The average Bonchev–Trinajstić information content (AvgIpc) is 2.74. The van der Waals surface area contributed by atoms with E-state index in [0.717, 1.165) is 16.2 Å². The van der Waals surface area contributed by atoms with Gasteiger partial charge in [-0.25, -0.2) is 8.42 Å². The summed E-state index contributed by atoms with van der Waals surface area (Å²) in [6.07, 6.45) is 0.711. The van der Waals surface area contributed by atoms with Crippen LogP contribution in [0.1, 0.15) is 11.8 Å². The Balaban J connectivity index is 2.91. The second-order valence-corrected chi connectivity index (χ2v) is 6.38. The minimum atomic E-state index is -3.88. The van der Waals surface area contributed by atoms with Crippen LogP contribution in [0.25, 0.3) is 0 Å². The Morgan fingerprint density at radius 1 is 1.53 bits per heavy atom. The van der Waals surface area contributed by atoms with E-state index in [1.165, 1.54) is 6.07 Å². The van der Waals surface area contributed by atoms with Crippen LogP contribution in [0.2, 0.25) is 0 Å². The summed E-state index contributed by atoms with van der Waals surface area (Å²) < 4.78 is 25.5. The second-order valence-electron chi connectivity index (χ2n) is 3.27. The summed E-state index contributed by atoms with van der Waals surface area (Å²) in [7, 11) is -3.88. The number of carboxylic acid groups (broad SMARTS) is 1. The third kappa shape index (κ3) is 3.50. The smallest absolute Gasteiger partial charge is 0.324 e. The van der Waals surface area contributed by atoms with Gasteiger partial charge in [0.25, 0.3) is 10.0 Å². The number of sulfonamides is 1. The number of aliphatic carboxylic acids is 1. The van der Waals surface area contributed by atoms with E-state index in [4.69, 9.17) is 10.2 Å². The van der Waals surface area contributed by atoms with Crippen molar-refractivity contribution >= 4 is 27.3 Å². The maximum Gasteiger partial charge on any atom is 0.324 e. The molecule has 8 heteroatoms. The molecule has 0 bridgehead atoms. The fourth-order valence-electron chi connectivity index (χ4n) is 1.10. The Morgan fingerprint density at radius 3 is 2.59 bits per heavy atom. The summed E-state index contributed by atoms with van der Waals surface area (Å²) in [6, 6.07) is 1.57. The van der Waals surface area contributed by atoms with Crippen LogP contribution in [0.4, 0.5) is 0 Å². The molecule has 96 valence electrons. The lowest BCUT2D eigenvalue weighted by Crippen LogP contribution is -2.42. The van der Waals surface area contributed by atoms with Gasteiger partial charge in [0.1, 0.15) is 10.3 Å². The lowest BCUT2D eigenvalue weighted by atomic mass is 10.3. The van der Waals surface area contributed by atoms with E-state index in [0.29, 0.717) is 6.42 Å². The maximum absolute atomic E-state index is 11.8. The minimum Gasteiger partial charge on any atom is -0.480 e. The second kappa shape index (κ2) is 5.58. The molecule has 0 aliphatic heterocycles. The summed E-state index contributed by atoms with van der Waals surface area (Å²) in [6.45, 7) is 1.10. The number of hydrogen-bond donors (Lipinski definition) is 3. The summed E-state index contributed by atoms with van der Waals surface area (Å²) >= 11 is 1.08. The van der Waals surface area contributed by atoms with Gasteiger partial charge in [-0.3, -0.25) is 4.79 Å². The Hall–Kier alpha value is -0.960. The maximum atomic E-state index is 11.8. The molecule has 0 spiro atoms. The highest BCUT2D eigenvalue weighted by Crippen LogP contribution is 2.21. The Kier molecular flexibility index (Phi) is 4.63. The largest absolute Gasteiger partial charge is 0.480 e. The number of hydrogen-bond acceptors (Lipinski definition) is 5. The number of aliphatic hydroxyl groups is 1. The molecule has 3 N–H and O–H groups in total. The quantitative estimate of drug-likeness (QED) is 0.682. The van der Waals surface area contributed by atoms with Crippen molar-refractivity contribution in [1.29, 1.82) is 0 Å². The Bertz CT molecular complexity index is 493. The summed E-state index contributed by atoms with van der Waals surface area (Å²) in [5.41, 5.74) is 0. The molecular formula is C9H13NO5S2. The third-order valence-electron chi connectivity index (χ3n) is 2.03. The molecule has 17 heavy (non-hydrogen) atoms. The van der Waals surface area contributed by atoms with Crippen molar-refractivity contribution in [3.8, 4) is 0 Å². The number of nitrogens with one attached hydrogen (secondary N) is 1. The van der Waals surface area contributed by atoms with Crippen LogP contribution >= 0.6 is 11.3 Å². The molecule has 0 radical (unpaired) electrons.